The molecular weight excluding hydrogens is 306 g/mol. The zero-order valence-corrected chi connectivity index (χ0v) is 13.2. The number of pyridine rings is 1. The summed E-state index contributed by atoms with van der Waals surface area (Å²) >= 11 is 0. The SMILES string of the molecule is O=C(Nc1ccc(NCc2ccc3c(c2)OCO3)nc1)C1CCC1. The lowest BCUT2D eigenvalue weighted by Crippen LogP contribution is -2.28. The minimum absolute atomic E-state index is 0.101. The summed E-state index contributed by atoms with van der Waals surface area (Å²) in [6.45, 7) is 0.916. The first-order chi connectivity index (χ1) is 11.8. The van der Waals surface area contributed by atoms with E-state index in [1.54, 1.807) is 6.20 Å². The standard InChI is InChI=1S/C18H19N3O3/c22-18(13-2-1-3-13)21-14-5-7-17(20-10-14)19-9-12-4-6-15-16(8-12)24-11-23-15/h4-8,10,13H,1-3,9,11H2,(H,19,20)(H,21,22). The number of nitrogens with one attached hydrogen (secondary N) is 2. The van der Waals surface area contributed by atoms with E-state index in [1.165, 1.54) is 0 Å². The van der Waals surface area contributed by atoms with Crippen LogP contribution < -0.4 is 20.1 Å². The lowest BCUT2D eigenvalue weighted by atomic mass is 9.85. The molecule has 2 aliphatic rings. The number of carbonyl (C=O) groups excluding carboxylic acids is 1. The maximum Gasteiger partial charge on any atom is 0.231 e. The second kappa shape index (κ2) is 6.39. The number of benzene rings is 1. The molecule has 1 aromatic carbocycles. The van der Waals surface area contributed by atoms with Crippen molar-refractivity contribution in [3.8, 4) is 11.5 Å². The Morgan fingerprint density at radius 1 is 1.17 bits per heavy atom. The molecule has 1 saturated carbocycles. The molecule has 1 aromatic heterocycles. The second-order valence-electron chi connectivity index (χ2n) is 6.09. The van der Waals surface area contributed by atoms with Crippen LogP contribution >= 0.6 is 0 Å². The summed E-state index contributed by atoms with van der Waals surface area (Å²) in [6.07, 6.45) is 4.82. The largest absolute Gasteiger partial charge is 0.454 e. The molecule has 1 fully saturated rings. The molecule has 0 saturated heterocycles. The molecule has 2 aromatic rings. The number of hydrogen-bond acceptors (Lipinski definition) is 5. The molecule has 24 heavy (non-hydrogen) atoms. The van der Waals surface area contributed by atoms with Crippen LogP contribution in [0.4, 0.5) is 11.5 Å². The maximum atomic E-state index is 11.9. The van der Waals surface area contributed by atoms with Crippen LogP contribution in [0.15, 0.2) is 36.5 Å². The fourth-order valence-electron chi connectivity index (χ4n) is 2.73. The first-order valence-electron chi connectivity index (χ1n) is 8.17. The van der Waals surface area contributed by atoms with Gasteiger partial charge in [0.05, 0.1) is 11.9 Å². The highest BCUT2D eigenvalue weighted by atomic mass is 16.7. The number of carbonyl (C=O) groups is 1. The van der Waals surface area contributed by atoms with Crippen molar-refractivity contribution in [3.63, 3.8) is 0 Å². The zero-order valence-electron chi connectivity index (χ0n) is 13.2. The van der Waals surface area contributed by atoms with Crippen LogP contribution in [-0.4, -0.2) is 17.7 Å². The van der Waals surface area contributed by atoms with E-state index in [2.05, 4.69) is 15.6 Å². The Balaban J connectivity index is 1.32. The fraction of sp³-hybridized carbons (Fsp3) is 0.333. The molecule has 0 radical (unpaired) electrons. The summed E-state index contributed by atoms with van der Waals surface area (Å²) in [6, 6.07) is 9.59. The minimum atomic E-state index is 0.101. The van der Waals surface area contributed by atoms with Gasteiger partial charge in [0.1, 0.15) is 5.82 Å². The zero-order chi connectivity index (χ0) is 16.4. The van der Waals surface area contributed by atoms with Crippen LogP contribution in [0.2, 0.25) is 0 Å². The molecule has 0 spiro atoms. The van der Waals surface area contributed by atoms with Crippen molar-refractivity contribution >= 4 is 17.4 Å². The molecule has 4 rings (SSSR count). The van der Waals surface area contributed by atoms with Gasteiger partial charge in [0, 0.05) is 12.5 Å². The normalized spacial score (nSPS) is 15.7. The third kappa shape index (κ3) is 3.13. The highest BCUT2D eigenvalue weighted by Gasteiger charge is 2.25. The molecule has 6 nitrogen and oxygen atoms in total. The lowest BCUT2D eigenvalue weighted by Gasteiger charge is -2.23. The van der Waals surface area contributed by atoms with Crippen molar-refractivity contribution in [2.45, 2.75) is 25.8 Å². The molecule has 0 bridgehead atoms. The van der Waals surface area contributed by atoms with Crippen molar-refractivity contribution < 1.29 is 14.3 Å². The van der Waals surface area contributed by atoms with Crippen LogP contribution in [-0.2, 0) is 11.3 Å². The van der Waals surface area contributed by atoms with Crippen molar-refractivity contribution in [1.29, 1.82) is 0 Å². The van der Waals surface area contributed by atoms with Gasteiger partial charge >= 0.3 is 0 Å². The van der Waals surface area contributed by atoms with Gasteiger partial charge < -0.3 is 20.1 Å². The van der Waals surface area contributed by atoms with Gasteiger partial charge in [0.25, 0.3) is 0 Å². The van der Waals surface area contributed by atoms with Gasteiger partial charge in [-0.3, -0.25) is 4.79 Å². The summed E-state index contributed by atoms with van der Waals surface area (Å²) in [7, 11) is 0. The Kier molecular flexibility index (Phi) is 3.94. The van der Waals surface area contributed by atoms with E-state index in [0.717, 1.165) is 47.8 Å². The maximum absolute atomic E-state index is 11.9. The van der Waals surface area contributed by atoms with Crippen LogP contribution in [0.3, 0.4) is 0 Å². The van der Waals surface area contributed by atoms with E-state index in [-0.39, 0.29) is 18.6 Å². The third-order valence-corrected chi connectivity index (χ3v) is 4.42. The summed E-state index contributed by atoms with van der Waals surface area (Å²) < 4.78 is 10.7. The van der Waals surface area contributed by atoms with E-state index in [1.807, 2.05) is 30.3 Å². The average Bonchev–Trinajstić information content (AvgIpc) is 3.00. The van der Waals surface area contributed by atoms with Gasteiger partial charge in [-0.15, -0.1) is 0 Å². The van der Waals surface area contributed by atoms with Crippen molar-refractivity contribution in [2.75, 3.05) is 17.4 Å². The third-order valence-electron chi connectivity index (χ3n) is 4.42. The van der Waals surface area contributed by atoms with Gasteiger partial charge in [0.15, 0.2) is 11.5 Å². The number of fused-ring (bicyclic) bond motifs is 1. The van der Waals surface area contributed by atoms with E-state index in [9.17, 15) is 4.79 Å². The van der Waals surface area contributed by atoms with Crippen LogP contribution in [0, 0.1) is 5.92 Å². The fourth-order valence-corrected chi connectivity index (χ4v) is 2.73. The quantitative estimate of drug-likeness (QED) is 0.883. The Morgan fingerprint density at radius 2 is 2.04 bits per heavy atom. The van der Waals surface area contributed by atoms with E-state index in [4.69, 9.17) is 9.47 Å². The predicted molar refractivity (Wildman–Crippen MR) is 90.1 cm³/mol. The van der Waals surface area contributed by atoms with Crippen LogP contribution in [0.25, 0.3) is 0 Å². The Bertz CT molecular complexity index is 742. The van der Waals surface area contributed by atoms with Gasteiger partial charge in [-0.25, -0.2) is 4.98 Å². The number of aromatic nitrogens is 1. The van der Waals surface area contributed by atoms with E-state index in [0.29, 0.717) is 6.54 Å². The molecule has 0 unspecified atom stereocenters. The summed E-state index contributed by atoms with van der Waals surface area (Å²) in [4.78, 5) is 16.2. The average molecular weight is 325 g/mol. The second-order valence-corrected chi connectivity index (χ2v) is 6.09. The molecule has 0 atom stereocenters. The van der Waals surface area contributed by atoms with Gasteiger partial charge in [0.2, 0.25) is 12.7 Å². The molecule has 1 aliphatic heterocycles. The molecule has 124 valence electrons. The first kappa shape index (κ1) is 14.8. The first-order valence-corrected chi connectivity index (χ1v) is 8.17. The molecule has 2 N–H and O–H groups in total. The molecule has 2 heterocycles. The van der Waals surface area contributed by atoms with Gasteiger partial charge in [-0.2, -0.15) is 0 Å². The van der Waals surface area contributed by atoms with Crippen LogP contribution in [0.1, 0.15) is 24.8 Å². The van der Waals surface area contributed by atoms with E-state index >= 15 is 0 Å². The smallest absolute Gasteiger partial charge is 0.231 e. The highest BCUT2D eigenvalue weighted by Crippen LogP contribution is 2.32. The van der Waals surface area contributed by atoms with Crippen molar-refractivity contribution in [2.24, 2.45) is 5.92 Å². The summed E-state index contributed by atoms with van der Waals surface area (Å²) in [5.41, 5.74) is 1.82. The van der Waals surface area contributed by atoms with Crippen molar-refractivity contribution in [3.05, 3.63) is 42.1 Å². The number of amides is 1. The lowest BCUT2D eigenvalue weighted by molar-refractivity contribution is -0.122. The van der Waals surface area contributed by atoms with Crippen molar-refractivity contribution in [1.82, 2.24) is 4.98 Å². The Morgan fingerprint density at radius 3 is 2.79 bits per heavy atom. The van der Waals surface area contributed by atoms with E-state index < -0.39 is 0 Å². The van der Waals surface area contributed by atoms with Crippen LogP contribution in [0.5, 0.6) is 11.5 Å². The minimum Gasteiger partial charge on any atom is -0.454 e. The predicted octanol–water partition coefficient (Wildman–Crippen LogP) is 3.16. The molecule has 1 amide bonds. The monoisotopic (exact) mass is 325 g/mol. The number of hydrogen-bond donors (Lipinski definition) is 2. The number of ether oxygens (including phenoxy) is 2. The molecule has 6 heteroatoms. The number of rotatable bonds is 5. The Hall–Kier alpha value is -2.76. The Labute approximate surface area is 140 Å². The highest BCUT2D eigenvalue weighted by molar-refractivity contribution is 5.92. The molecular formula is C18H19N3O3. The summed E-state index contributed by atoms with van der Waals surface area (Å²) in [5, 5.41) is 6.17. The number of nitrogens with zero attached hydrogens (tertiary/aromatic N) is 1. The number of anilines is 2. The summed E-state index contributed by atoms with van der Waals surface area (Å²) in [5.74, 6) is 2.59. The topological polar surface area (TPSA) is 72.5 Å². The van der Waals surface area contributed by atoms with Gasteiger partial charge in [-0.05, 0) is 42.7 Å². The molecule has 1 aliphatic carbocycles. The van der Waals surface area contributed by atoms with Gasteiger partial charge in [-0.1, -0.05) is 12.5 Å².